The Kier molecular flexibility index (Phi) is 9.02. The quantitative estimate of drug-likeness (QED) is 0.247. The molecule has 196 valence electrons. The molecule has 1 unspecified atom stereocenters. The van der Waals surface area contributed by atoms with E-state index in [1.807, 2.05) is 45.0 Å². The third kappa shape index (κ3) is 8.86. The number of Topliss-reactive ketones (excluding diaryl/α,β-unsaturated/α-hetero) is 1. The van der Waals surface area contributed by atoms with Crippen LogP contribution in [-0.2, 0) is 16.0 Å². The molecule has 1 atom stereocenters. The zero-order valence-electron chi connectivity index (χ0n) is 21.9. The maximum atomic E-state index is 13.1. The van der Waals surface area contributed by atoms with Crippen LogP contribution >= 0.6 is 27.3 Å². The molecule has 2 aromatic heterocycles. The number of esters is 1. The fourth-order valence-corrected chi connectivity index (χ4v) is 4.51. The molecule has 0 spiro atoms. The van der Waals surface area contributed by atoms with E-state index < -0.39 is 23.5 Å². The van der Waals surface area contributed by atoms with Crippen LogP contribution in [0.4, 0.5) is 0 Å². The van der Waals surface area contributed by atoms with E-state index in [1.165, 1.54) is 0 Å². The number of benzene rings is 1. The first-order valence-corrected chi connectivity index (χ1v) is 13.5. The Bertz CT molecular complexity index is 1260. The van der Waals surface area contributed by atoms with Gasteiger partial charge in [-0.3, -0.25) is 9.59 Å². The second-order valence-corrected chi connectivity index (χ2v) is 13.0. The van der Waals surface area contributed by atoms with Gasteiger partial charge in [0.1, 0.15) is 11.6 Å². The minimum Gasteiger partial charge on any atom is -0.458 e. The largest absolute Gasteiger partial charge is 0.458 e. The van der Waals surface area contributed by atoms with Crippen LogP contribution in [0.1, 0.15) is 72.9 Å². The molecule has 0 aliphatic rings. The number of hydrogen-bond donors (Lipinski definition) is 1. The highest BCUT2D eigenvalue weighted by molar-refractivity contribution is 9.10. The van der Waals surface area contributed by atoms with Gasteiger partial charge in [-0.25, -0.2) is 14.8 Å². The highest BCUT2D eigenvalue weighted by Crippen LogP contribution is 2.26. The molecule has 0 saturated carbocycles. The lowest BCUT2D eigenvalue weighted by atomic mass is 9.90. The third-order valence-electron chi connectivity index (χ3n) is 5.06. The Morgan fingerprint density at radius 1 is 0.946 bits per heavy atom. The molecule has 37 heavy (non-hydrogen) atoms. The smallest absolute Gasteiger partial charge is 0.329 e. The van der Waals surface area contributed by atoms with E-state index in [-0.39, 0.29) is 17.6 Å². The third-order valence-corrected chi connectivity index (χ3v) is 6.60. The Labute approximate surface area is 230 Å². The zero-order chi connectivity index (χ0) is 27.4. The molecule has 0 saturated heterocycles. The number of thiophene rings is 1. The lowest BCUT2D eigenvalue weighted by Gasteiger charge is -2.24. The number of hydrogen-bond acceptors (Lipinski definition) is 7. The number of nitrogens with one attached hydrogen (secondary N) is 1. The molecule has 0 aliphatic carbocycles. The van der Waals surface area contributed by atoms with Crippen LogP contribution in [0.15, 0.2) is 53.3 Å². The molecule has 1 aromatic carbocycles. The van der Waals surface area contributed by atoms with Gasteiger partial charge in [-0.05, 0) is 59.8 Å². The van der Waals surface area contributed by atoms with Crippen LogP contribution in [0.5, 0.6) is 0 Å². The lowest BCUT2D eigenvalue weighted by molar-refractivity contribution is -0.157. The van der Waals surface area contributed by atoms with Crippen molar-refractivity contribution in [1.82, 2.24) is 15.3 Å². The summed E-state index contributed by atoms with van der Waals surface area (Å²) >= 11 is 4.46. The molecular formula is C28H32BrN3O4S. The number of aromatic nitrogens is 2. The molecule has 1 amide bonds. The first-order valence-electron chi connectivity index (χ1n) is 11.9. The second-order valence-electron chi connectivity index (χ2n) is 11.0. The Balaban J connectivity index is 1.76. The van der Waals surface area contributed by atoms with E-state index in [4.69, 9.17) is 4.74 Å². The van der Waals surface area contributed by atoms with Crippen molar-refractivity contribution in [2.24, 2.45) is 5.41 Å². The van der Waals surface area contributed by atoms with Gasteiger partial charge in [0.15, 0.2) is 11.6 Å². The summed E-state index contributed by atoms with van der Waals surface area (Å²) in [6.45, 7) is 11.3. The standard InChI is InChI=1S/C28H32BrN3O4S/c1-27(2,3)14-21(33)22-11-12-23(37-22)25(34)32-20(26(35)36-28(4,5)6)13-17-7-9-18(10-8-17)24-30-15-19(29)16-31-24/h7-12,15-16,20H,13-14H2,1-6H3,(H,32,34). The van der Waals surface area contributed by atoms with E-state index >= 15 is 0 Å². The van der Waals surface area contributed by atoms with Crippen molar-refractivity contribution in [3.05, 3.63) is 68.6 Å². The maximum Gasteiger partial charge on any atom is 0.329 e. The number of carbonyl (C=O) groups is 3. The highest BCUT2D eigenvalue weighted by Gasteiger charge is 2.28. The Hall–Kier alpha value is -2.91. The van der Waals surface area contributed by atoms with Gasteiger partial charge in [-0.15, -0.1) is 11.3 Å². The topological polar surface area (TPSA) is 98.3 Å². The number of ketones is 1. The molecule has 3 aromatic rings. The van der Waals surface area contributed by atoms with E-state index in [0.717, 1.165) is 26.9 Å². The Morgan fingerprint density at radius 3 is 2.11 bits per heavy atom. The summed E-state index contributed by atoms with van der Waals surface area (Å²) in [5, 5.41) is 2.81. The van der Waals surface area contributed by atoms with Crippen molar-refractivity contribution >= 4 is 44.9 Å². The summed E-state index contributed by atoms with van der Waals surface area (Å²) < 4.78 is 6.37. The van der Waals surface area contributed by atoms with Gasteiger partial charge < -0.3 is 10.1 Å². The summed E-state index contributed by atoms with van der Waals surface area (Å²) in [5.41, 5.74) is 0.812. The lowest BCUT2D eigenvalue weighted by Crippen LogP contribution is -2.45. The van der Waals surface area contributed by atoms with Crippen LogP contribution in [0.3, 0.4) is 0 Å². The monoisotopic (exact) mass is 585 g/mol. The van der Waals surface area contributed by atoms with Crippen molar-refractivity contribution in [3.63, 3.8) is 0 Å². The number of rotatable bonds is 8. The second kappa shape index (κ2) is 11.6. The molecule has 3 rings (SSSR count). The molecule has 2 heterocycles. The first kappa shape index (κ1) is 28.7. The van der Waals surface area contributed by atoms with Crippen molar-refractivity contribution in [3.8, 4) is 11.4 Å². The van der Waals surface area contributed by atoms with Crippen LogP contribution < -0.4 is 5.32 Å². The maximum absolute atomic E-state index is 13.1. The summed E-state index contributed by atoms with van der Waals surface area (Å²) in [5.74, 6) is -0.367. The molecule has 0 fully saturated rings. The molecule has 1 N–H and O–H groups in total. The fraction of sp³-hybridized carbons (Fsp3) is 0.393. The fourth-order valence-electron chi connectivity index (χ4n) is 3.46. The van der Waals surface area contributed by atoms with Crippen molar-refractivity contribution < 1.29 is 19.1 Å². The summed E-state index contributed by atoms with van der Waals surface area (Å²) in [4.78, 5) is 48.1. The van der Waals surface area contributed by atoms with Gasteiger partial charge >= 0.3 is 5.97 Å². The predicted octanol–water partition coefficient (Wildman–Crippen LogP) is 6.27. The van der Waals surface area contributed by atoms with Crippen molar-refractivity contribution in [1.29, 1.82) is 0 Å². The summed E-state index contributed by atoms with van der Waals surface area (Å²) in [7, 11) is 0. The van der Waals surface area contributed by atoms with Gasteiger partial charge in [0, 0.05) is 30.8 Å². The van der Waals surface area contributed by atoms with E-state index in [2.05, 4.69) is 31.2 Å². The summed E-state index contributed by atoms with van der Waals surface area (Å²) in [6, 6.07) is 9.88. The van der Waals surface area contributed by atoms with Gasteiger partial charge in [-0.1, -0.05) is 45.0 Å². The van der Waals surface area contributed by atoms with Gasteiger partial charge in [-0.2, -0.15) is 0 Å². The average molecular weight is 587 g/mol. The molecule has 7 nitrogen and oxygen atoms in total. The number of amides is 1. The van der Waals surface area contributed by atoms with Gasteiger partial charge in [0.05, 0.1) is 14.2 Å². The molecule has 0 bridgehead atoms. The molecular weight excluding hydrogens is 554 g/mol. The van der Waals surface area contributed by atoms with Gasteiger partial charge in [0.25, 0.3) is 5.91 Å². The van der Waals surface area contributed by atoms with Crippen LogP contribution in [0.25, 0.3) is 11.4 Å². The molecule has 0 aliphatic heterocycles. The highest BCUT2D eigenvalue weighted by atomic mass is 79.9. The first-order chi connectivity index (χ1) is 17.2. The number of halogens is 1. The van der Waals surface area contributed by atoms with Crippen molar-refractivity contribution in [2.75, 3.05) is 0 Å². The van der Waals surface area contributed by atoms with Crippen molar-refractivity contribution in [2.45, 2.75) is 66.0 Å². The van der Waals surface area contributed by atoms with E-state index in [1.54, 1.807) is 45.3 Å². The van der Waals surface area contributed by atoms with Crippen LogP contribution in [0, 0.1) is 5.41 Å². The SMILES string of the molecule is CC(C)(C)CC(=O)c1ccc(C(=O)NC(Cc2ccc(-c3ncc(Br)cn3)cc2)C(=O)OC(C)(C)C)s1. The molecule has 9 heteroatoms. The van der Waals surface area contributed by atoms with E-state index in [9.17, 15) is 14.4 Å². The number of ether oxygens (including phenoxy) is 1. The van der Waals surface area contributed by atoms with E-state index in [0.29, 0.717) is 22.0 Å². The zero-order valence-corrected chi connectivity index (χ0v) is 24.3. The number of carbonyl (C=O) groups excluding carboxylic acids is 3. The van der Waals surface area contributed by atoms with Gasteiger partial charge in [0.2, 0.25) is 0 Å². The van der Waals surface area contributed by atoms with Crippen LogP contribution in [-0.4, -0.2) is 39.3 Å². The summed E-state index contributed by atoms with van der Waals surface area (Å²) in [6.07, 6.45) is 3.98. The molecule has 0 radical (unpaired) electrons. The minimum atomic E-state index is -0.905. The predicted molar refractivity (Wildman–Crippen MR) is 149 cm³/mol. The number of nitrogens with zero attached hydrogens (tertiary/aromatic N) is 2. The Morgan fingerprint density at radius 2 is 1.54 bits per heavy atom. The average Bonchev–Trinajstić information content (AvgIpc) is 3.28. The van der Waals surface area contributed by atoms with Crippen LogP contribution in [0.2, 0.25) is 0 Å². The normalized spacial score (nSPS) is 12.6. The minimum absolute atomic E-state index is 0.00455.